The molecule has 0 aromatic heterocycles. The number of hydrogen-bond donors (Lipinski definition) is 1. The Hall–Kier alpha value is -0.0400. The quantitative estimate of drug-likeness (QED) is 0.716. The molecule has 1 aliphatic carbocycles. The minimum atomic E-state index is -0.370. The van der Waals surface area contributed by atoms with Crippen LogP contribution >= 0.6 is 0 Å². The summed E-state index contributed by atoms with van der Waals surface area (Å²) in [6.07, 6.45) is 6.82. The second-order valence-electron chi connectivity index (χ2n) is 6.02. The summed E-state index contributed by atoms with van der Waals surface area (Å²) in [5, 5.41) is 10.7. The fraction of sp³-hybridized carbons (Fsp3) is 1.00. The second kappa shape index (κ2) is 4.22. The van der Waals surface area contributed by atoms with E-state index >= 15 is 0 Å². The lowest BCUT2D eigenvalue weighted by Gasteiger charge is -2.47. The smallest absolute Gasteiger partial charge is 0.0680 e. The molecular weight excluding hydrogens is 172 g/mol. The van der Waals surface area contributed by atoms with Crippen molar-refractivity contribution in [3.63, 3.8) is 0 Å². The maximum Gasteiger partial charge on any atom is 0.0680 e. The van der Waals surface area contributed by atoms with Gasteiger partial charge in [-0.2, -0.15) is 0 Å². The van der Waals surface area contributed by atoms with E-state index in [9.17, 15) is 5.11 Å². The largest absolute Gasteiger partial charge is 0.390 e. The van der Waals surface area contributed by atoms with Gasteiger partial charge >= 0.3 is 0 Å². The van der Waals surface area contributed by atoms with Crippen LogP contribution in [0.25, 0.3) is 0 Å². The maximum absolute atomic E-state index is 10.7. The summed E-state index contributed by atoms with van der Waals surface area (Å²) in [6, 6.07) is 0. The lowest BCUT2D eigenvalue weighted by atomic mass is 9.62. The first-order valence-electron chi connectivity index (χ1n) is 6.12. The third-order valence-corrected chi connectivity index (χ3v) is 3.73. The van der Waals surface area contributed by atoms with Gasteiger partial charge < -0.3 is 5.11 Å². The SMILES string of the molecule is CCCC1(O)CCCCC1C(C)(C)C. The first kappa shape index (κ1) is 12.0. The monoisotopic (exact) mass is 198 g/mol. The van der Waals surface area contributed by atoms with Crippen molar-refractivity contribution in [1.29, 1.82) is 0 Å². The van der Waals surface area contributed by atoms with Crippen LogP contribution in [0.2, 0.25) is 0 Å². The highest BCUT2D eigenvalue weighted by Crippen LogP contribution is 2.46. The predicted octanol–water partition coefficient (Wildman–Crippen LogP) is 3.75. The highest BCUT2D eigenvalue weighted by molar-refractivity contribution is 4.95. The molecule has 0 saturated heterocycles. The van der Waals surface area contributed by atoms with Gasteiger partial charge in [0.15, 0.2) is 0 Å². The van der Waals surface area contributed by atoms with Crippen LogP contribution in [-0.2, 0) is 0 Å². The van der Waals surface area contributed by atoms with Crippen LogP contribution < -0.4 is 0 Å². The fourth-order valence-electron chi connectivity index (χ4n) is 3.19. The lowest BCUT2D eigenvalue weighted by Crippen LogP contribution is -2.46. The molecule has 1 aliphatic rings. The van der Waals surface area contributed by atoms with Gasteiger partial charge in [-0.1, -0.05) is 47.0 Å². The molecule has 0 amide bonds. The molecule has 1 N–H and O–H groups in total. The molecule has 0 bridgehead atoms. The molecule has 1 rings (SSSR count). The molecule has 0 aliphatic heterocycles. The third kappa shape index (κ3) is 2.50. The summed E-state index contributed by atoms with van der Waals surface area (Å²) < 4.78 is 0. The molecule has 14 heavy (non-hydrogen) atoms. The fourth-order valence-corrected chi connectivity index (χ4v) is 3.19. The summed E-state index contributed by atoms with van der Waals surface area (Å²) in [5.41, 5.74) is -0.115. The molecule has 0 spiro atoms. The topological polar surface area (TPSA) is 20.2 Å². The van der Waals surface area contributed by atoms with E-state index in [2.05, 4.69) is 27.7 Å². The van der Waals surface area contributed by atoms with Crippen molar-refractivity contribution in [2.24, 2.45) is 11.3 Å². The Kier molecular flexibility index (Phi) is 3.63. The minimum Gasteiger partial charge on any atom is -0.390 e. The van der Waals surface area contributed by atoms with Crippen LogP contribution in [0.5, 0.6) is 0 Å². The number of rotatable bonds is 2. The van der Waals surface area contributed by atoms with Gasteiger partial charge in [-0.05, 0) is 30.6 Å². The number of aliphatic hydroxyl groups is 1. The van der Waals surface area contributed by atoms with Gasteiger partial charge in [-0.3, -0.25) is 0 Å². The van der Waals surface area contributed by atoms with Crippen molar-refractivity contribution in [2.45, 2.75) is 71.8 Å². The van der Waals surface area contributed by atoms with Crippen LogP contribution in [0.4, 0.5) is 0 Å². The molecule has 1 fully saturated rings. The highest BCUT2D eigenvalue weighted by Gasteiger charge is 2.43. The molecule has 0 aromatic rings. The summed E-state index contributed by atoms with van der Waals surface area (Å²) in [6.45, 7) is 8.98. The van der Waals surface area contributed by atoms with Gasteiger partial charge in [0.05, 0.1) is 5.60 Å². The first-order chi connectivity index (χ1) is 6.40. The van der Waals surface area contributed by atoms with Crippen molar-refractivity contribution in [2.75, 3.05) is 0 Å². The molecule has 1 nitrogen and oxygen atoms in total. The summed E-state index contributed by atoms with van der Waals surface area (Å²) in [7, 11) is 0. The van der Waals surface area contributed by atoms with Crippen LogP contribution in [-0.4, -0.2) is 10.7 Å². The Labute approximate surface area is 88.9 Å². The van der Waals surface area contributed by atoms with Crippen molar-refractivity contribution >= 4 is 0 Å². The van der Waals surface area contributed by atoms with E-state index in [1.165, 1.54) is 19.3 Å². The van der Waals surface area contributed by atoms with E-state index in [1.54, 1.807) is 0 Å². The standard InChI is InChI=1S/C13H26O/c1-5-9-13(14)10-7-6-8-11(13)12(2,3)4/h11,14H,5-10H2,1-4H3. The van der Waals surface area contributed by atoms with Gasteiger partial charge in [0.1, 0.15) is 0 Å². The molecule has 0 radical (unpaired) electrons. The average Bonchev–Trinajstić information content (AvgIpc) is 2.02. The van der Waals surface area contributed by atoms with Crippen LogP contribution in [0.1, 0.15) is 66.2 Å². The van der Waals surface area contributed by atoms with E-state index < -0.39 is 0 Å². The van der Waals surface area contributed by atoms with Crippen LogP contribution in [0, 0.1) is 11.3 Å². The molecule has 2 atom stereocenters. The molecule has 84 valence electrons. The minimum absolute atomic E-state index is 0.254. The van der Waals surface area contributed by atoms with Crippen molar-refractivity contribution in [1.82, 2.24) is 0 Å². The summed E-state index contributed by atoms with van der Waals surface area (Å²) >= 11 is 0. The van der Waals surface area contributed by atoms with Crippen LogP contribution in [0.15, 0.2) is 0 Å². The van der Waals surface area contributed by atoms with Gasteiger partial charge in [-0.15, -0.1) is 0 Å². The molecule has 2 unspecified atom stereocenters. The Morgan fingerprint density at radius 3 is 2.43 bits per heavy atom. The van der Waals surface area contributed by atoms with Crippen molar-refractivity contribution in [3.05, 3.63) is 0 Å². The molecule has 0 heterocycles. The Bertz CT molecular complexity index is 176. The second-order valence-corrected chi connectivity index (χ2v) is 6.02. The summed E-state index contributed by atoms with van der Waals surface area (Å²) in [5.74, 6) is 0.490. The van der Waals surface area contributed by atoms with Crippen LogP contribution in [0.3, 0.4) is 0 Å². The van der Waals surface area contributed by atoms with E-state index in [4.69, 9.17) is 0 Å². The van der Waals surface area contributed by atoms with E-state index in [0.717, 1.165) is 19.3 Å². The van der Waals surface area contributed by atoms with Crippen molar-refractivity contribution < 1.29 is 5.11 Å². The van der Waals surface area contributed by atoms with E-state index in [-0.39, 0.29) is 11.0 Å². The zero-order valence-corrected chi connectivity index (χ0v) is 10.3. The van der Waals surface area contributed by atoms with E-state index in [1.807, 2.05) is 0 Å². The highest BCUT2D eigenvalue weighted by atomic mass is 16.3. The Morgan fingerprint density at radius 2 is 1.93 bits per heavy atom. The normalized spacial score (nSPS) is 34.5. The maximum atomic E-state index is 10.7. The molecule has 1 saturated carbocycles. The van der Waals surface area contributed by atoms with Gasteiger partial charge in [0.25, 0.3) is 0 Å². The number of hydrogen-bond acceptors (Lipinski definition) is 1. The zero-order valence-electron chi connectivity index (χ0n) is 10.3. The average molecular weight is 198 g/mol. The summed E-state index contributed by atoms with van der Waals surface area (Å²) in [4.78, 5) is 0. The lowest BCUT2D eigenvalue weighted by molar-refractivity contribution is -0.0951. The Balaban J connectivity index is 2.78. The predicted molar refractivity (Wildman–Crippen MR) is 61.3 cm³/mol. The third-order valence-electron chi connectivity index (χ3n) is 3.73. The van der Waals surface area contributed by atoms with Crippen molar-refractivity contribution in [3.8, 4) is 0 Å². The molecule has 0 aromatic carbocycles. The first-order valence-corrected chi connectivity index (χ1v) is 6.12. The Morgan fingerprint density at radius 1 is 1.29 bits per heavy atom. The molecular formula is C13H26O. The van der Waals surface area contributed by atoms with Gasteiger partial charge in [0.2, 0.25) is 0 Å². The van der Waals surface area contributed by atoms with Gasteiger partial charge in [0, 0.05) is 0 Å². The van der Waals surface area contributed by atoms with Gasteiger partial charge in [-0.25, -0.2) is 0 Å². The molecule has 1 heteroatoms. The van der Waals surface area contributed by atoms with E-state index in [0.29, 0.717) is 5.92 Å². The zero-order chi connectivity index (χ0) is 10.8.